The molecule has 184 valence electrons. The molecule has 1 aromatic rings. The number of fused-ring (bicyclic) bond motifs is 1. The molecule has 0 spiro atoms. The van der Waals surface area contributed by atoms with E-state index < -0.39 is 13.9 Å². The predicted molar refractivity (Wildman–Crippen MR) is 143 cm³/mol. The maximum absolute atomic E-state index is 10.6. The number of benzene rings is 1. The largest absolute Gasteiger partial charge is 0.414 e. The molecular formula is C30H48O2Si. The first-order valence-corrected chi connectivity index (χ1v) is 16.1. The van der Waals surface area contributed by atoms with Crippen molar-refractivity contribution in [2.75, 3.05) is 0 Å². The van der Waals surface area contributed by atoms with E-state index in [1.54, 1.807) is 0 Å². The van der Waals surface area contributed by atoms with Crippen LogP contribution in [0.1, 0.15) is 98.1 Å². The molecule has 0 heterocycles. The van der Waals surface area contributed by atoms with E-state index in [0.717, 1.165) is 11.1 Å². The smallest absolute Gasteiger partial charge is 0.192 e. The fraction of sp³-hybridized carbons (Fsp3) is 0.733. The van der Waals surface area contributed by atoms with Crippen LogP contribution in [-0.4, -0.2) is 19.5 Å². The number of rotatable bonds is 4. The Kier molecular flexibility index (Phi) is 7.65. The van der Waals surface area contributed by atoms with Crippen LogP contribution in [0.2, 0.25) is 18.1 Å². The highest BCUT2D eigenvalue weighted by Crippen LogP contribution is 2.57. The van der Waals surface area contributed by atoms with E-state index in [1.165, 1.54) is 38.5 Å². The molecule has 0 aromatic heterocycles. The van der Waals surface area contributed by atoms with Crippen molar-refractivity contribution < 1.29 is 9.53 Å². The summed E-state index contributed by atoms with van der Waals surface area (Å²) in [7, 11) is -1.79. The summed E-state index contributed by atoms with van der Waals surface area (Å²) in [6.45, 7) is 20.4. The van der Waals surface area contributed by atoms with E-state index in [2.05, 4.69) is 59.6 Å². The molecule has 1 N–H and O–H groups in total. The zero-order valence-electron chi connectivity index (χ0n) is 22.7. The summed E-state index contributed by atoms with van der Waals surface area (Å²) >= 11 is 0. The lowest BCUT2D eigenvalue weighted by Gasteiger charge is -2.56. The molecule has 3 heteroatoms. The maximum Gasteiger partial charge on any atom is 0.192 e. The first-order valence-electron chi connectivity index (χ1n) is 13.2. The molecular weight excluding hydrogens is 420 g/mol. The number of aliphatic hydroxyl groups is 1. The van der Waals surface area contributed by atoms with Crippen molar-refractivity contribution in [1.82, 2.24) is 0 Å². The third-order valence-electron chi connectivity index (χ3n) is 9.25. The van der Waals surface area contributed by atoms with Gasteiger partial charge in [-0.3, -0.25) is 0 Å². The normalized spacial score (nSPS) is 29.6. The quantitative estimate of drug-likeness (QED) is 0.359. The summed E-state index contributed by atoms with van der Waals surface area (Å²) < 4.78 is 7.06. The SMILES string of the molecule is C[C@H](C#Cc1ccccc1C(C)(C)O)[C@@H]1CCC[C@H]2[C@H](O[Si](C)(C)C(C)(C)C)CCC[C@]12C. The van der Waals surface area contributed by atoms with Crippen LogP contribution in [0.5, 0.6) is 0 Å². The van der Waals surface area contributed by atoms with Gasteiger partial charge in [-0.1, -0.05) is 77.5 Å². The Hall–Kier alpha value is -1.08. The van der Waals surface area contributed by atoms with E-state index >= 15 is 0 Å². The zero-order valence-corrected chi connectivity index (χ0v) is 23.7. The van der Waals surface area contributed by atoms with Gasteiger partial charge in [0.1, 0.15) is 0 Å². The van der Waals surface area contributed by atoms with Crippen LogP contribution in [0, 0.1) is 35.0 Å². The Morgan fingerprint density at radius 2 is 1.73 bits per heavy atom. The van der Waals surface area contributed by atoms with E-state index in [-0.39, 0.29) is 5.04 Å². The van der Waals surface area contributed by atoms with Crippen LogP contribution >= 0.6 is 0 Å². The van der Waals surface area contributed by atoms with E-state index in [4.69, 9.17) is 4.43 Å². The Bertz CT molecular complexity index is 879. The molecule has 5 atom stereocenters. The summed E-state index contributed by atoms with van der Waals surface area (Å²) in [6.07, 6.45) is 8.05. The first kappa shape index (κ1) is 26.5. The fourth-order valence-corrected chi connectivity index (χ4v) is 7.69. The van der Waals surface area contributed by atoms with Crippen molar-refractivity contribution in [3.8, 4) is 11.8 Å². The van der Waals surface area contributed by atoms with E-state index in [9.17, 15) is 5.11 Å². The second-order valence-electron chi connectivity index (χ2n) is 13.1. The molecule has 0 unspecified atom stereocenters. The van der Waals surface area contributed by atoms with E-state index in [1.807, 2.05) is 38.1 Å². The average molecular weight is 469 g/mol. The van der Waals surface area contributed by atoms with Gasteiger partial charge >= 0.3 is 0 Å². The van der Waals surface area contributed by atoms with Crippen LogP contribution in [0.15, 0.2) is 24.3 Å². The molecule has 0 amide bonds. The minimum atomic E-state index is -1.79. The van der Waals surface area contributed by atoms with Gasteiger partial charge in [-0.05, 0) is 86.5 Å². The molecule has 1 aromatic carbocycles. The van der Waals surface area contributed by atoms with E-state index in [0.29, 0.717) is 29.3 Å². The second kappa shape index (κ2) is 9.52. The van der Waals surface area contributed by atoms with Gasteiger partial charge in [0.05, 0.1) is 5.60 Å². The topological polar surface area (TPSA) is 29.5 Å². The summed E-state index contributed by atoms with van der Waals surface area (Å²) in [4.78, 5) is 0. The second-order valence-corrected chi connectivity index (χ2v) is 17.9. The summed E-state index contributed by atoms with van der Waals surface area (Å²) in [5, 5.41) is 10.8. The van der Waals surface area contributed by atoms with Crippen molar-refractivity contribution in [3.63, 3.8) is 0 Å². The lowest BCUT2D eigenvalue weighted by molar-refractivity contribution is -0.0805. The van der Waals surface area contributed by atoms with Gasteiger partial charge in [-0.15, -0.1) is 0 Å². The lowest BCUT2D eigenvalue weighted by Crippen LogP contribution is -2.54. The maximum atomic E-state index is 10.6. The van der Waals surface area contributed by atoms with Crippen LogP contribution in [0.25, 0.3) is 0 Å². The third-order valence-corrected chi connectivity index (χ3v) is 13.8. The standard InChI is InChI=1S/C30H48O2Si/c1-22(19-20-23-14-10-11-15-25(23)29(5,6)31)24-16-12-17-26-27(18-13-21-30(24,26)7)32-33(8,9)28(2,3)4/h10-11,14-15,22,24,26-27,31H,12-13,16-18,21H2,1-9H3/t22-,24+,26+,27-,30-/m1/s1. The lowest BCUT2D eigenvalue weighted by atomic mass is 9.52. The molecule has 33 heavy (non-hydrogen) atoms. The summed E-state index contributed by atoms with van der Waals surface area (Å²) in [5.41, 5.74) is 1.29. The Labute approximate surface area is 205 Å². The Morgan fingerprint density at radius 3 is 2.36 bits per heavy atom. The zero-order chi connectivity index (χ0) is 24.7. The molecule has 0 bridgehead atoms. The highest BCUT2D eigenvalue weighted by Gasteiger charge is 2.52. The summed E-state index contributed by atoms with van der Waals surface area (Å²) in [6, 6.07) is 8.05. The molecule has 2 aliphatic rings. The van der Waals surface area contributed by atoms with Gasteiger partial charge < -0.3 is 9.53 Å². The molecule has 3 rings (SSSR count). The predicted octanol–water partition coefficient (Wildman–Crippen LogP) is 7.90. The molecule has 0 radical (unpaired) electrons. The Balaban J connectivity index is 1.84. The van der Waals surface area contributed by atoms with Gasteiger partial charge in [0.15, 0.2) is 8.32 Å². The minimum absolute atomic E-state index is 0.252. The number of hydrogen-bond acceptors (Lipinski definition) is 2. The fourth-order valence-electron chi connectivity index (χ4n) is 6.29. The van der Waals surface area contributed by atoms with Crippen LogP contribution in [-0.2, 0) is 10.0 Å². The van der Waals surface area contributed by atoms with Crippen LogP contribution < -0.4 is 0 Å². The van der Waals surface area contributed by atoms with Crippen LogP contribution in [0.4, 0.5) is 0 Å². The van der Waals surface area contributed by atoms with Crippen molar-refractivity contribution in [1.29, 1.82) is 0 Å². The van der Waals surface area contributed by atoms with Gasteiger partial charge in [0.25, 0.3) is 0 Å². The Morgan fingerprint density at radius 1 is 1.06 bits per heavy atom. The molecule has 2 nitrogen and oxygen atoms in total. The molecule has 2 aliphatic carbocycles. The average Bonchev–Trinajstić information content (AvgIpc) is 2.70. The van der Waals surface area contributed by atoms with Crippen LogP contribution in [0.3, 0.4) is 0 Å². The molecule has 2 saturated carbocycles. The van der Waals surface area contributed by atoms with Crippen molar-refractivity contribution in [2.24, 2.45) is 23.2 Å². The molecule has 0 aliphatic heterocycles. The molecule has 0 saturated heterocycles. The van der Waals surface area contributed by atoms with Crippen molar-refractivity contribution in [2.45, 2.75) is 117 Å². The van der Waals surface area contributed by atoms with Gasteiger partial charge in [0.2, 0.25) is 0 Å². The number of hydrogen-bond donors (Lipinski definition) is 1. The van der Waals surface area contributed by atoms with Crippen molar-refractivity contribution >= 4 is 8.32 Å². The highest BCUT2D eigenvalue weighted by atomic mass is 28.4. The third kappa shape index (κ3) is 5.60. The highest BCUT2D eigenvalue weighted by molar-refractivity contribution is 6.74. The van der Waals surface area contributed by atoms with Gasteiger partial charge in [-0.2, -0.15) is 0 Å². The van der Waals surface area contributed by atoms with Crippen molar-refractivity contribution in [3.05, 3.63) is 35.4 Å². The first-order chi connectivity index (χ1) is 15.2. The molecule has 2 fully saturated rings. The van der Waals surface area contributed by atoms with Gasteiger partial charge in [0, 0.05) is 17.6 Å². The van der Waals surface area contributed by atoms with Gasteiger partial charge in [-0.25, -0.2) is 0 Å². The summed E-state index contributed by atoms with van der Waals surface area (Å²) in [5.74, 6) is 8.68. The monoisotopic (exact) mass is 468 g/mol. The minimum Gasteiger partial charge on any atom is -0.414 e.